The number of benzene rings is 1. The molecule has 0 aliphatic carbocycles. The van der Waals surface area contributed by atoms with Gasteiger partial charge in [0, 0.05) is 0 Å². The van der Waals surface area contributed by atoms with Gasteiger partial charge in [0.15, 0.2) is 0 Å². The highest BCUT2D eigenvalue weighted by Crippen LogP contribution is 2.21. The van der Waals surface area contributed by atoms with Crippen LogP contribution in [-0.2, 0) is 0 Å². The number of imide groups is 1. The lowest BCUT2D eigenvalue weighted by Gasteiger charge is -2.13. The molecule has 6 heteroatoms. The van der Waals surface area contributed by atoms with Gasteiger partial charge in [-0.15, -0.1) is 0 Å². The van der Waals surface area contributed by atoms with Crippen LogP contribution in [0.4, 0.5) is 4.79 Å². The monoisotopic (exact) mass is 219 g/mol. The molecule has 16 heavy (non-hydrogen) atoms. The number of urea groups is 1. The quantitative estimate of drug-likeness (QED) is 0.680. The number of fused-ring (bicyclic) bond motifs is 1. The third-order valence-corrected chi connectivity index (χ3v) is 2.29. The van der Waals surface area contributed by atoms with Crippen molar-refractivity contribution in [2.24, 2.45) is 5.73 Å². The molecule has 0 fully saturated rings. The zero-order chi connectivity index (χ0) is 11.7. The van der Waals surface area contributed by atoms with Crippen molar-refractivity contribution in [2.45, 2.75) is 0 Å². The summed E-state index contributed by atoms with van der Waals surface area (Å²) in [4.78, 5) is 34.9. The standard InChI is InChI=1S/C10H9N3O3/c11-10(16)12-5-13-8(14)6-3-1-2-4-7(6)9(13)15/h1-4H,5H2,(H3,11,12,16). The Morgan fingerprint density at radius 1 is 1.19 bits per heavy atom. The van der Waals surface area contributed by atoms with Crippen LogP contribution in [0, 0.1) is 0 Å². The van der Waals surface area contributed by atoms with Crippen LogP contribution in [0.2, 0.25) is 0 Å². The number of hydrogen-bond acceptors (Lipinski definition) is 3. The first kappa shape index (κ1) is 10.2. The molecular weight excluding hydrogens is 210 g/mol. The molecule has 1 aromatic carbocycles. The maximum Gasteiger partial charge on any atom is 0.313 e. The van der Waals surface area contributed by atoms with E-state index in [9.17, 15) is 14.4 Å². The Labute approximate surface area is 91.0 Å². The number of carbonyl (C=O) groups excluding carboxylic acids is 3. The van der Waals surface area contributed by atoms with E-state index >= 15 is 0 Å². The summed E-state index contributed by atoms with van der Waals surface area (Å²) in [5.74, 6) is -0.844. The second kappa shape index (κ2) is 3.65. The maximum atomic E-state index is 11.7. The Bertz CT molecular complexity index is 449. The predicted octanol–water partition coefficient (Wildman–Crippen LogP) is -0.0916. The summed E-state index contributed by atoms with van der Waals surface area (Å²) in [6.45, 7) is -0.207. The lowest BCUT2D eigenvalue weighted by Crippen LogP contribution is -2.42. The number of carbonyl (C=O) groups is 3. The minimum Gasteiger partial charge on any atom is -0.352 e. The minimum absolute atomic E-state index is 0.207. The lowest BCUT2D eigenvalue weighted by atomic mass is 10.1. The molecule has 0 spiro atoms. The fourth-order valence-corrected chi connectivity index (χ4v) is 1.54. The van der Waals surface area contributed by atoms with Gasteiger partial charge in [0.2, 0.25) is 0 Å². The second-order valence-corrected chi connectivity index (χ2v) is 3.28. The first-order chi connectivity index (χ1) is 7.61. The molecule has 1 aliphatic rings. The van der Waals surface area contributed by atoms with Gasteiger partial charge in [-0.25, -0.2) is 4.79 Å². The van der Waals surface area contributed by atoms with Crippen LogP contribution in [0.5, 0.6) is 0 Å². The van der Waals surface area contributed by atoms with E-state index in [0.29, 0.717) is 11.1 Å². The molecule has 4 amide bonds. The Morgan fingerprint density at radius 3 is 2.12 bits per heavy atom. The number of nitrogens with zero attached hydrogens (tertiary/aromatic N) is 1. The third-order valence-electron chi connectivity index (χ3n) is 2.29. The first-order valence-electron chi connectivity index (χ1n) is 4.60. The third kappa shape index (κ3) is 1.50. The van der Waals surface area contributed by atoms with Crippen molar-refractivity contribution in [3.63, 3.8) is 0 Å². The zero-order valence-electron chi connectivity index (χ0n) is 8.27. The number of hydrogen-bond donors (Lipinski definition) is 2. The van der Waals surface area contributed by atoms with Crippen LogP contribution in [0.3, 0.4) is 0 Å². The van der Waals surface area contributed by atoms with Crippen molar-refractivity contribution in [1.29, 1.82) is 0 Å². The van der Waals surface area contributed by atoms with Crippen molar-refractivity contribution in [2.75, 3.05) is 6.67 Å². The van der Waals surface area contributed by atoms with Crippen molar-refractivity contribution >= 4 is 17.8 Å². The van der Waals surface area contributed by atoms with Gasteiger partial charge in [0.25, 0.3) is 11.8 Å². The molecule has 3 N–H and O–H groups in total. The van der Waals surface area contributed by atoms with E-state index in [0.717, 1.165) is 4.90 Å². The summed E-state index contributed by atoms with van der Waals surface area (Å²) in [5.41, 5.74) is 5.56. The van der Waals surface area contributed by atoms with Crippen molar-refractivity contribution in [3.05, 3.63) is 35.4 Å². The number of nitrogens with two attached hydrogens (primary N) is 1. The van der Waals surface area contributed by atoms with E-state index in [1.54, 1.807) is 24.3 Å². The van der Waals surface area contributed by atoms with Gasteiger partial charge in [-0.3, -0.25) is 14.5 Å². The summed E-state index contributed by atoms with van der Waals surface area (Å²) < 4.78 is 0. The SMILES string of the molecule is NC(=O)NCN1C(=O)c2ccccc2C1=O. The van der Waals surface area contributed by atoms with Crippen molar-refractivity contribution < 1.29 is 14.4 Å². The fourth-order valence-electron chi connectivity index (χ4n) is 1.54. The second-order valence-electron chi connectivity index (χ2n) is 3.28. The fraction of sp³-hybridized carbons (Fsp3) is 0.100. The average Bonchev–Trinajstić information content (AvgIpc) is 2.50. The number of nitrogens with one attached hydrogen (secondary N) is 1. The van der Waals surface area contributed by atoms with E-state index < -0.39 is 17.8 Å². The summed E-state index contributed by atoms with van der Waals surface area (Å²) in [6.07, 6.45) is 0. The summed E-state index contributed by atoms with van der Waals surface area (Å²) >= 11 is 0. The van der Waals surface area contributed by atoms with Gasteiger partial charge in [-0.2, -0.15) is 0 Å². The maximum absolute atomic E-state index is 11.7. The molecule has 2 rings (SSSR count). The van der Waals surface area contributed by atoms with Crippen LogP contribution >= 0.6 is 0 Å². The smallest absolute Gasteiger partial charge is 0.313 e. The van der Waals surface area contributed by atoms with Crippen molar-refractivity contribution in [3.8, 4) is 0 Å². The Morgan fingerprint density at radius 2 is 1.69 bits per heavy atom. The molecule has 0 atom stereocenters. The predicted molar refractivity (Wildman–Crippen MR) is 54.5 cm³/mol. The molecule has 0 aromatic heterocycles. The van der Waals surface area contributed by atoms with Crippen LogP contribution in [-0.4, -0.2) is 29.4 Å². The largest absolute Gasteiger partial charge is 0.352 e. The van der Waals surface area contributed by atoms with Crippen LogP contribution < -0.4 is 11.1 Å². The van der Waals surface area contributed by atoms with Gasteiger partial charge >= 0.3 is 6.03 Å². The van der Waals surface area contributed by atoms with E-state index in [1.165, 1.54) is 0 Å². The zero-order valence-corrected chi connectivity index (χ0v) is 8.27. The van der Waals surface area contributed by atoms with Crippen LogP contribution in [0.1, 0.15) is 20.7 Å². The van der Waals surface area contributed by atoms with Crippen molar-refractivity contribution in [1.82, 2.24) is 10.2 Å². The highest BCUT2D eigenvalue weighted by molar-refractivity contribution is 6.21. The van der Waals surface area contributed by atoms with E-state index in [1.807, 2.05) is 0 Å². The molecule has 0 bridgehead atoms. The topological polar surface area (TPSA) is 92.5 Å². The summed E-state index contributed by atoms with van der Waals surface area (Å²) in [7, 11) is 0. The molecule has 6 nitrogen and oxygen atoms in total. The molecule has 1 heterocycles. The highest BCUT2D eigenvalue weighted by atomic mass is 16.2. The van der Waals surface area contributed by atoms with E-state index in [-0.39, 0.29) is 6.67 Å². The number of amides is 4. The molecule has 1 aliphatic heterocycles. The molecule has 0 unspecified atom stereocenters. The van der Waals surface area contributed by atoms with Gasteiger partial charge in [-0.1, -0.05) is 12.1 Å². The Hall–Kier alpha value is -2.37. The number of primary amides is 1. The van der Waals surface area contributed by atoms with Gasteiger partial charge in [-0.05, 0) is 12.1 Å². The summed E-state index contributed by atoms with van der Waals surface area (Å²) in [5, 5.41) is 2.21. The average molecular weight is 219 g/mol. The lowest BCUT2D eigenvalue weighted by molar-refractivity contribution is 0.0648. The first-order valence-corrected chi connectivity index (χ1v) is 4.60. The van der Waals surface area contributed by atoms with Gasteiger partial charge < -0.3 is 11.1 Å². The van der Waals surface area contributed by atoms with E-state index in [4.69, 9.17) is 5.73 Å². The van der Waals surface area contributed by atoms with Crippen LogP contribution in [0.25, 0.3) is 0 Å². The number of rotatable bonds is 2. The van der Waals surface area contributed by atoms with Gasteiger partial charge in [0.05, 0.1) is 11.1 Å². The molecule has 0 saturated heterocycles. The normalized spacial score (nSPS) is 13.9. The molecule has 0 radical (unpaired) electrons. The highest BCUT2D eigenvalue weighted by Gasteiger charge is 2.34. The molecular formula is C10H9N3O3. The van der Waals surface area contributed by atoms with Crippen LogP contribution in [0.15, 0.2) is 24.3 Å². The van der Waals surface area contributed by atoms with E-state index in [2.05, 4.69) is 5.32 Å². The molecule has 82 valence electrons. The molecule has 1 aromatic rings. The Kier molecular flexibility index (Phi) is 2.32. The summed E-state index contributed by atoms with van der Waals surface area (Å²) in [6, 6.07) is 5.71. The Balaban J connectivity index is 2.25. The minimum atomic E-state index is -0.781. The van der Waals surface area contributed by atoms with Gasteiger partial charge in [0.1, 0.15) is 6.67 Å². The molecule has 0 saturated carbocycles.